The van der Waals surface area contributed by atoms with E-state index in [1.807, 2.05) is 12.1 Å². The van der Waals surface area contributed by atoms with E-state index in [4.69, 9.17) is 41.2 Å². The molecule has 24 heteroatoms. The number of hydrogen-bond acceptors (Lipinski definition) is 12. The average molecular weight is 1010 g/mol. The van der Waals surface area contributed by atoms with E-state index in [0.717, 1.165) is 10.4 Å². The van der Waals surface area contributed by atoms with E-state index in [2.05, 4.69) is 182 Å². The van der Waals surface area contributed by atoms with Gasteiger partial charge in [-0.1, -0.05) is 0 Å². The van der Waals surface area contributed by atoms with Crippen molar-refractivity contribution in [3.05, 3.63) is 23.3 Å². The third kappa shape index (κ3) is 20.3. The SMILES string of the molecule is C[Si](C)(C)O[Si](C)(C)O[Si](C)(C)O[Si](C)(C)O[Si](C)(C)O[Si](C)(C)c1cc(C#N)c(C#N)cc1[Si](C)(C)O[Si](C)(C)O[Si](C)(C)O[Si](C)(C)O[Si](C)(C)O[Si](C)(C)C. The van der Waals surface area contributed by atoms with Crippen molar-refractivity contribution >= 4 is 112 Å². The van der Waals surface area contributed by atoms with Crippen LogP contribution in [-0.2, 0) is 41.2 Å². The van der Waals surface area contributed by atoms with Gasteiger partial charge in [0.1, 0.15) is 12.1 Å². The molecule has 0 aliphatic heterocycles. The molecule has 0 amide bonds. The van der Waals surface area contributed by atoms with Gasteiger partial charge in [-0.3, -0.25) is 0 Å². The number of rotatable bonds is 22. The molecule has 0 saturated heterocycles. The Bertz CT molecular complexity index is 1560. The fourth-order valence-electron chi connectivity index (χ4n) is 8.31. The van der Waals surface area contributed by atoms with Crippen LogP contribution in [0.5, 0.6) is 0 Å². The van der Waals surface area contributed by atoms with E-state index in [0.29, 0.717) is 11.1 Å². The lowest BCUT2D eigenvalue weighted by atomic mass is 10.1. The van der Waals surface area contributed by atoms with Crippen LogP contribution in [0.15, 0.2) is 12.1 Å². The summed E-state index contributed by atoms with van der Waals surface area (Å²) in [6.07, 6.45) is 0. The smallest absolute Gasteiger partial charge is 0.314 e. The van der Waals surface area contributed by atoms with Crippen molar-refractivity contribution in [3.8, 4) is 12.1 Å². The lowest BCUT2D eigenvalue weighted by Crippen LogP contribution is -2.67. The molecule has 0 aromatic heterocycles. The molecule has 12 nitrogen and oxygen atoms in total. The molecule has 0 atom stereocenters. The van der Waals surface area contributed by atoms with Gasteiger partial charge in [-0.2, -0.15) is 10.5 Å². The molecule has 0 bridgehead atoms. The van der Waals surface area contributed by atoms with Crippen molar-refractivity contribution in [3.63, 3.8) is 0 Å². The van der Waals surface area contributed by atoms with Gasteiger partial charge in [0, 0.05) is 0 Å². The summed E-state index contributed by atoms with van der Waals surface area (Å²) in [6.45, 7) is 54.6. The number of hydrogen-bond donors (Lipinski definition) is 0. The first-order chi connectivity index (χ1) is 25.2. The lowest BCUT2D eigenvalue weighted by Gasteiger charge is -2.44. The van der Waals surface area contributed by atoms with Crippen LogP contribution < -0.4 is 10.4 Å². The van der Waals surface area contributed by atoms with Crippen LogP contribution in [0.3, 0.4) is 0 Å². The minimum atomic E-state index is -2.88. The summed E-state index contributed by atoms with van der Waals surface area (Å²) < 4.78 is 68.1. The number of benzene rings is 1. The molecule has 0 unspecified atom stereocenters. The molecule has 1 aromatic rings. The highest BCUT2D eigenvalue weighted by Crippen LogP contribution is 2.30. The normalized spacial score (nSPS) is 15.0. The molecular formula is C34H80N2O10Si12. The van der Waals surface area contributed by atoms with E-state index in [1.54, 1.807) is 0 Å². The zero-order chi connectivity index (χ0) is 46.2. The average Bonchev–Trinajstić information content (AvgIpc) is 2.83. The summed E-state index contributed by atoms with van der Waals surface area (Å²) in [5.74, 6) is 0. The molecule has 0 aliphatic rings. The van der Waals surface area contributed by atoms with Crippen LogP contribution in [0.1, 0.15) is 11.1 Å². The Balaban J connectivity index is 3.51. The predicted octanol–water partition coefficient (Wildman–Crippen LogP) is 9.70. The van der Waals surface area contributed by atoms with Crippen LogP contribution in [0, 0.1) is 22.7 Å². The van der Waals surface area contributed by atoms with Crippen molar-refractivity contribution in [2.24, 2.45) is 0 Å². The Morgan fingerprint density at radius 3 is 0.638 bits per heavy atom. The molecule has 0 aliphatic carbocycles. The van der Waals surface area contributed by atoms with Crippen LogP contribution in [0.4, 0.5) is 0 Å². The molecule has 0 heterocycles. The van der Waals surface area contributed by atoms with Gasteiger partial charge >= 0.3 is 68.5 Å². The molecule has 1 rings (SSSR count). The van der Waals surface area contributed by atoms with E-state index >= 15 is 0 Å². The third-order valence-electron chi connectivity index (χ3n) is 7.75. The Kier molecular flexibility index (Phi) is 18.3. The molecule has 0 radical (unpaired) electrons. The Labute approximate surface area is 367 Å². The van der Waals surface area contributed by atoms with E-state index in [-0.39, 0.29) is 0 Å². The van der Waals surface area contributed by atoms with Gasteiger partial charge in [0.25, 0.3) is 0 Å². The van der Waals surface area contributed by atoms with Gasteiger partial charge in [0.2, 0.25) is 16.6 Å². The van der Waals surface area contributed by atoms with Gasteiger partial charge in [-0.05, 0) is 193 Å². The highest BCUT2D eigenvalue weighted by atomic mass is 28.5. The van der Waals surface area contributed by atoms with Crippen molar-refractivity contribution in [1.29, 1.82) is 10.5 Å². The van der Waals surface area contributed by atoms with E-state index < -0.39 is 102 Å². The summed E-state index contributed by atoms with van der Waals surface area (Å²) in [6, 6.07) is 8.23. The monoisotopic (exact) mass is 1010 g/mol. The van der Waals surface area contributed by atoms with Gasteiger partial charge in [0.05, 0.1) is 11.1 Å². The first-order valence-corrected chi connectivity index (χ1v) is 55.3. The second kappa shape index (κ2) is 18.9. The molecule has 0 fully saturated rings. The van der Waals surface area contributed by atoms with Crippen molar-refractivity contribution in [2.45, 2.75) is 170 Å². The zero-order valence-corrected chi connectivity index (χ0v) is 53.1. The summed E-state index contributed by atoms with van der Waals surface area (Å²) >= 11 is 0. The fourth-order valence-corrected chi connectivity index (χ4v) is 67.8. The van der Waals surface area contributed by atoms with Crippen molar-refractivity contribution in [1.82, 2.24) is 0 Å². The molecule has 0 spiro atoms. The minimum Gasteiger partial charge on any atom is -0.437 e. The Hall–Kier alpha value is 0.403. The predicted molar refractivity (Wildman–Crippen MR) is 268 cm³/mol. The van der Waals surface area contributed by atoms with Gasteiger partial charge in [0.15, 0.2) is 16.6 Å². The second-order valence-electron chi connectivity index (χ2n) is 21.6. The largest absolute Gasteiger partial charge is 0.437 e. The zero-order valence-electron chi connectivity index (χ0n) is 41.1. The Morgan fingerprint density at radius 1 is 0.293 bits per heavy atom. The van der Waals surface area contributed by atoms with Crippen LogP contribution in [0.2, 0.25) is 170 Å². The maximum absolute atomic E-state index is 10.2. The van der Waals surface area contributed by atoms with Gasteiger partial charge in [-0.25, -0.2) is 0 Å². The first-order valence-electron chi connectivity index (χ1n) is 20.2. The van der Waals surface area contributed by atoms with Crippen LogP contribution in [0.25, 0.3) is 0 Å². The van der Waals surface area contributed by atoms with Gasteiger partial charge in [-0.15, -0.1) is 0 Å². The highest BCUT2D eigenvalue weighted by Gasteiger charge is 2.50. The Morgan fingerprint density at radius 2 is 0.466 bits per heavy atom. The van der Waals surface area contributed by atoms with E-state index in [9.17, 15) is 10.5 Å². The quantitative estimate of drug-likeness (QED) is 0.102. The van der Waals surface area contributed by atoms with Crippen molar-refractivity contribution < 1.29 is 41.2 Å². The second-order valence-corrected chi connectivity index (χ2v) is 67.8. The molecule has 1 aromatic carbocycles. The van der Waals surface area contributed by atoms with Crippen LogP contribution in [-0.4, -0.2) is 102 Å². The summed E-state index contributed by atoms with van der Waals surface area (Å²) in [7, 11) is -30.8. The molecular weight excluding hydrogens is 933 g/mol. The van der Waals surface area contributed by atoms with Crippen LogP contribution >= 0.6 is 0 Å². The van der Waals surface area contributed by atoms with Crippen molar-refractivity contribution in [2.75, 3.05) is 0 Å². The number of nitriles is 2. The molecule has 58 heavy (non-hydrogen) atoms. The molecule has 0 N–H and O–H groups in total. The third-order valence-corrected chi connectivity index (χ3v) is 51.9. The maximum Gasteiger partial charge on any atom is 0.314 e. The standard InChI is InChI=1S/C34H80N2O10Si12/c1-47(2,3)37-51(11,12)41-55(19,20)45-57(23,24)43-53(15,16)39-49(7,8)33-27-31(29-35)32(30-36)28-34(33)50(9,10)40-54(17,18)44-58(25,26)46-56(21,22)42-52(13,14)38-48(4,5)6/h27-28H,1-26H3. The topological polar surface area (TPSA) is 140 Å². The minimum absolute atomic E-state index is 0.317. The molecule has 334 valence electrons. The summed E-state index contributed by atoms with van der Waals surface area (Å²) in [5.41, 5.74) is 0.634. The maximum atomic E-state index is 10.2. The summed E-state index contributed by atoms with van der Waals surface area (Å²) in [5, 5.41) is 22.2. The molecule has 0 saturated carbocycles. The number of nitrogens with zero attached hydrogens (tertiary/aromatic N) is 2. The highest BCUT2D eigenvalue weighted by molar-refractivity contribution is 7.01. The fraction of sp³-hybridized carbons (Fsp3) is 0.765. The first kappa shape index (κ1) is 56.4. The van der Waals surface area contributed by atoms with E-state index in [1.165, 1.54) is 0 Å². The lowest BCUT2D eigenvalue weighted by molar-refractivity contribution is 0.279. The summed E-state index contributed by atoms with van der Waals surface area (Å²) in [4.78, 5) is 0. The van der Waals surface area contributed by atoms with Gasteiger partial charge < -0.3 is 41.2 Å².